The first-order valence-electron chi connectivity index (χ1n) is 13.0. The Labute approximate surface area is 270 Å². The Balaban J connectivity index is 1.44. The summed E-state index contributed by atoms with van der Waals surface area (Å²) in [4.78, 5) is 25.4. The number of hydrogen-bond acceptors (Lipinski definition) is 7. The Morgan fingerprint density at radius 1 is 1.12 bits per heavy atom. The van der Waals surface area contributed by atoms with Gasteiger partial charge in [-0.3, -0.25) is 4.79 Å². The number of carbonyl (C=O) groups excluding carboxylic acids is 2. The maximum absolute atomic E-state index is 14.1. The molecule has 0 bridgehead atoms. The summed E-state index contributed by atoms with van der Waals surface area (Å²) in [7, 11) is 0. The molecule has 0 aliphatic carbocycles. The van der Waals surface area contributed by atoms with Crippen LogP contribution in [0.15, 0.2) is 86.0 Å². The lowest BCUT2D eigenvalue weighted by Gasteiger charge is -2.30. The standard InChI is InChI=1S/C30H27Br2FN4O5S/c1-3-40-29(39)26-17(2)35-30(43)36-27(26)21-9-5-7-11-24(21)41-16-25(38)37-34-14-19-12-20(31)13-22(32)28(19)42-15-18-8-4-6-10-23(18)33/h4-14,27H,3,15-16H2,1-2H3,(H,37,38)(H2,35,36,43)/t27-/m0/s1. The van der Waals surface area contributed by atoms with E-state index in [1.807, 2.05) is 0 Å². The molecule has 0 aromatic heterocycles. The zero-order valence-electron chi connectivity index (χ0n) is 23.1. The molecule has 1 amide bonds. The van der Waals surface area contributed by atoms with E-state index in [1.165, 1.54) is 12.3 Å². The van der Waals surface area contributed by atoms with Crippen molar-refractivity contribution in [2.45, 2.75) is 26.5 Å². The summed E-state index contributed by atoms with van der Waals surface area (Å²) in [6, 6.07) is 16.2. The van der Waals surface area contributed by atoms with Crippen LogP contribution >= 0.6 is 44.1 Å². The maximum atomic E-state index is 14.1. The van der Waals surface area contributed by atoms with Crippen LogP contribution in [-0.2, 0) is 20.9 Å². The number of amides is 1. The predicted octanol–water partition coefficient (Wildman–Crippen LogP) is 5.81. The van der Waals surface area contributed by atoms with Gasteiger partial charge < -0.3 is 24.8 Å². The monoisotopic (exact) mass is 732 g/mol. The lowest BCUT2D eigenvalue weighted by Crippen LogP contribution is -2.45. The number of allylic oxidation sites excluding steroid dienone is 1. The van der Waals surface area contributed by atoms with Crippen LogP contribution in [0.3, 0.4) is 0 Å². The zero-order valence-corrected chi connectivity index (χ0v) is 27.1. The molecular formula is C30H27Br2FN4O5S. The highest BCUT2D eigenvalue weighted by atomic mass is 79.9. The molecule has 3 N–H and O–H groups in total. The maximum Gasteiger partial charge on any atom is 0.338 e. The molecule has 4 rings (SSSR count). The third-order valence-electron chi connectivity index (χ3n) is 6.11. The van der Waals surface area contributed by atoms with Gasteiger partial charge in [0.1, 0.15) is 23.9 Å². The molecule has 3 aromatic carbocycles. The molecule has 0 radical (unpaired) electrons. The molecule has 0 unspecified atom stereocenters. The number of thiocarbonyl (C=S) groups is 1. The van der Waals surface area contributed by atoms with E-state index in [1.54, 1.807) is 68.4 Å². The van der Waals surface area contributed by atoms with Crippen LogP contribution in [0.4, 0.5) is 4.39 Å². The number of nitrogens with one attached hydrogen (secondary N) is 3. The fourth-order valence-electron chi connectivity index (χ4n) is 4.20. The minimum atomic E-state index is -0.650. The van der Waals surface area contributed by atoms with Gasteiger partial charge in [0.25, 0.3) is 5.91 Å². The second-order valence-electron chi connectivity index (χ2n) is 9.10. The summed E-state index contributed by atoms with van der Waals surface area (Å²) in [5.74, 6) is -0.603. The number of hydrogen-bond donors (Lipinski definition) is 3. The molecule has 0 spiro atoms. The van der Waals surface area contributed by atoms with E-state index in [2.05, 4.69) is 53.0 Å². The van der Waals surface area contributed by atoms with Crippen LogP contribution in [0.1, 0.15) is 36.6 Å². The van der Waals surface area contributed by atoms with Gasteiger partial charge in [-0.2, -0.15) is 5.10 Å². The van der Waals surface area contributed by atoms with Crippen molar-refractivity contribution >= 4 is 67.3 Å². The van der Waals surface area contributed by atoms with Gasteiger partial charge in [-0.05, 0) is 66.3 Å². The first-order chi connectivity index (χ1) is 20.7. The van der Waals surface area contributed by atoms with E-state index in [0.717, 1.165) is 4.47 Å². The van der Waals surface area contributed by atoms with Crippen molar-refractivity contribution in [3.8, 4) is 11.5 Å². The molecule has 1 atom stereocenters. The van der Waals surface area contributed by atoms with E-state index in [9.17, 15) is 14.0 Å². The fourth-order valence-corrected chi connectivity index (χ4v) is 5.84. The van der Waals surface area contributed by atoms with Crippen molar-refractivity contribution in [1.82, 2.24) is 16.1 Å². The molecule has 224 valence electrons. The Bertz CT molecular complexity index is 1600. The van der Waals surface area contributed by atoms with E-state index >= 15 is 0 Å². The minimum Gasteiger partial charge on any atom is -0.487 e. The van der Waals surface area contributed by atoms with Crippen molar-refractivity contribution in [3.63, 3.8) is 0 Å². The highest BCUT2D eigenvalue weighted by molar-refractivity contribution is 9.11. The largest absolute Gasteiger partial charge is 0.487 e. The van der Waals surface area contributed by atoms with Crippen LogP contribution < -0.4 is 25.5 Å². The molecule has 43 heavy (non-hydrogen) atoms. The number of benzene rings is 3. The van der Waals surface area contributed by atoms with Gasteiger partial charge in [0.05, 0.1) is 28.9 Å². The van der Waals surface area contributed by atoms with Crippen LogP contribution in [0, 0.1) is 5.82 Å². The lowest BCUT2D eigenvalue weighted by molar-refractivity contribution is -0.139. The molecule has 13 heteroatoms. The number of hydrazone groups is 1. The zero-order chi connectivity index (χ0) is 30.9. The van der Waals surface area contributed by atoms with Crippen LogP contribution in [0.25, 0.3) is 0 Å². The van der Waals surface area contributed by atoms with E-state index in [-0.39, 0.29) is 25.6 Å². The highest BCUT2D eigenvalue weighted by Crippen LogP contribution is 2.34. The number of nitrogens with zero attached hydrogens (tertiary/aromatic N) is 1. The SMILES string of the molecule is CCOC(=O)C1=C(C)NC(=S)N[C@H]1c1ccccc1OCC(=O)NN=Cc1cc(Br)cc(Br)c1OCc1ccccc1F. The lowest BCUT2D eigenvalue weighted by atomic mass is 9.95. The number of rotatable bonds is 11. The van der Waals surface area contributed by atoms with Crippen LogP contribution in [0.5, 0.6) is 11.5 Å². The summed E-state index contributed by atoms with van der Waals surface area (Å²) in [5.41, 5.74) is 4.88. The molecule has 1 aliphatic heterocycles. The second-order valence-corrected chi connectivity index (χ2v) is 11.3. The van der Waals surface area contributed by atoms with Crippen molar-refractivity contribution in [2.75, 3.05) is 13.2 Å². The summed E-state index contributed by atoms with van der Waals surface area (Å²) in [6.07, 6.45) is 1.41. The molecule has 1 aliphatic rings. The van der Waals surface area contributed by atoms with Crippen LogP contribution in [0.2, 0.25) is 0 Å². The van der Waals surface area contributed by atoms with Crippen LogP contribution in [-0.4, -0.2) is 36.4 Å². The quantitative estimate of drug-likeness (QED) is 0.0981. The average molecular weight is 734 g/mol. The number of carbonyl (C=O) groups is 2. The summed E-state index contributed by atoms with van der Waals surface area (Å²) >= 11 is 12.2. The third-order valence-corrected chi connectivity index (χ3v) is 7.38. The molecule has 0 saturated carbocycles. The Morgan fingerprint density at radius 2 is 1.86 bits per heavy atom. The molecule has 0 fully saturated rings. The molecular weight excluding hydrogens is 707 g/mol. The predicted molar refractivity (Wildman–Crippen MR) is 171 cm³/mol. The third kappa shape index (κ3) is 8.39. The summed E-state index contributed by atoms with van der Waals surface area (Å²) in [5, 5.41) is 10.4. The van der Waals surface area contributed by atoms with Crippen molar-refractivity contribution in [1.29, 1.82) is 0 Å². The van der Waals surface area contributed by atoms with Gasteiger partial charge in [-0.15, -0.1) is 0 Å². The summed E-state index contributed by atoms with van der Waals surface area (Å²) in [6.45, 7) is 3.31. The molecule has 9 nitrogen and oxygen atoms in total. The van der Waals surface area contributed by atoms with Crippen molar-refractivity contribution in [2.24, 2.45) is 5.10 Å². The second kappa shape index (κ2) is 15.1. The van der Waals surface area contributed by atoms with Gasteiger partial charge in [-0.25, -0.2) is 14.6 Å². The molecule has 1 heterocycles. The fraction of sp³-hybridized carbons (Fsp3) is 0.200. The Kier molecular flexibility index (Phi) is 11.3. The smallest absolute Gasteiger partial charge is 0.338 e. The molecule has 0 saturated heterocycles. The van der Waals surface area contributed by atoms with Gasteiger partial charge in [0.2, 0.25) is 0 Å². The Morgan fingerprint density at radius 3 is 2.63 bits per heavy atom. The highest BCUT2D eigenvalue weighted by Gasteiger charge is 2.32. The van der Waals surface area contributed by atoms with Gasteiger partial charge in [0.15, 0.2) is 11.7 Å². The topological polar surface area (TPSA) is 110 Å². The van der Waals surface area contributed by atoms with Gasteiger partial charge >= 0.3 is 5.97 Å². The van der Waals surface area contributed by atoms with E-state index in [4.69, 9.17) is 26.4 Å². The number of ether oxygens (including phenoxy) is 3. The van der Waals surface area contributed by atoms with Gasteiger partial charge in [0, 0.05) is 26.9 Å². The molecule has 3 aromatic rings. The summed E-state index contributed by atoms with van der Waals surface area (Å²) < 4.78 is 32.4. The van der Waals surface area contributed by atoms with Crippen molar-refractivity contribution in [3.05, 3.63) is 103 Å². The van der Waals surface area contributed by atoms with Crippen molar-refractivity contribution < 1.29 is 28.2 Å². The normalized spacial score (nSPS) is 14.6. The number of esters is 1. The number of halogens is 3. The first kappa shape index (κ1) is 32.1. The van der Waals surface area contributed by atoms with E-state index < -0.39 is 17.9 Å². The average Bonchev–Trinajstić information content (AvgIpc) is 2.96. The Hall–Kier alpha value is -3.81. The minimum absolute atomic E-state index is 0.00339. The first-order valence-corrected chi connectivity index (χ1v) is 15.0. The van der Waals surface area contributed by atoms with Gasteiger partial charge in [-0.1, -0.05) is 52.3 Å². The number of para-hydroxylation sites is 1. The van der Waals surface area contributed by atoms with E-state index in [0.29, 0.717) is 49.0 Å².